The second kappa shape index (κ2) is 8.12. The van der Waals surface area contributed by atoms with Gasteiger partial charge in [-0.3, -0.25) is 9.69 Å². The van der Waals surface area contributed by atoms with Gasteiger partial charge in [0.05, 0.1) is 16.9 Å². The number of hydrogen-bond donors (Lipinski definition) is 0. The highest BCUT2D eigenvalue weighted by molar-refractivity contribution is 8.26. The van der Waals surface area contributed by atoms with E-state index in [1.807, 2.05) is 12.1 Å². The summed E-state index contributed by atoms with van der Waals surface area (Å²) in [5, 5.41) is 11.2. The van der Waals surface area contributed by atoms with Crippen LogP contribution in [0.3, 0.4) is 0 Å². The molecule has 7 heteroatoms. The van der Waals surface area contributed by atoms with E-state index in [4.69, 9.17) is 17.0 Å². The fourth-order valence-corrected chi connectivity index (χ4v) is 3.57. The number of ether oxygens (including phenoxy) is 1. The quantitative estimate of drug-likeness (QED) is 0.420. The number of amides is 1. The van der Waals surface area contributed by atoms with Crippen LogP contribution in [0, 0.1) is 0 Å². The molecule has 1 heterocycles. The maximum Gasteiger partial charge on any atom is 0.266 e. The Hall–Kier alpha value is -2.12. The van der Waals surface area contributed by atoms with Gasteiger partial charge in [-0.25, -0.2) is 0 Å². The molecule has 1 aromatic carbocycles. The van der Waals surface area contributed by atoms with Crippen molar-refractivity contribution in [3.8, 4) is 5.75 Å². The van der Waals surface area contributed by atoms with Crippen LogP contribution in [-0.4, -0.2) is 33.7 Å². The van der Waals surface area contributed by atoms with Crippen LogP contribution in [0.15, 0.2) is 41.8 Å². The molecule has 0 unspecified atom stereocenters. The van der Waals surface area contributed by atoms with Gasteiger partial charge in [0, 0.05) is 5.56 Å². The Labute approximate surface area is 150 Å². The van der Waals surface area contributed by atoms with E-state index in [1.54, 1.807) is 31.2 Å². The summed E-state index contributed by atoms with van der Waals surface area (Å²) >= 11 is 6.24. The lowest BCUT2D eigenvalue weighted by Crippen LogP contribution is -2.49. The van der Waals surface area contributed by atoms with Crippen LogP contribution in [-0.2, 0) is 9.59 Å². The number of thiocarbonyl (C=S) groups is 1. The number of hydrogen-bond acceptors (Lipinski definition) is 6. The summed E-state index contributed by atoms with van der Waals surface area (Å²) in [6.07, 6.45) is 3.50. The first kappa shape index (κ1) is 18.2. The Morgan fingerprint density at radius 2 is 2.21 bits per heavy atom. The highest BCUT2D eigenvalue weighted by Crippen LogP contribution is 2.35. The fourth-order valence-electron chi connectivity index (χ4n) is 2.22. The molecular formula is C17H16NO4S2-. The number of thioether (sulfide) groups is 1. The molecule has 1 aromatic rings. The minimum atomic E-state index is -1.32. The number of carboxylic acid groups (broad SMARTS) is 1. The molecule has 1 saturated heterocycles. The fraction of sp³-hybridized carbons (Fsp3) is 0.235. The minimum absolute atomic E-state index is 0.215. The first-order valence-corrected chi connectivity index (χ1v) is 8.52. The molecule has 1 atom stereocenters. The van der Waals surface area contributed by atoms with Crippen LogP contribution in [0.1, 0.15) is 18.9 Å². The predicted molar refractivity (Wildman–Crippen MR) is 96.2 cm³/mol. The van der Waals surface area contributed by atoms with Gasteiger partial charge in [0.15, 0.2) is 0 Å². The van der Waals surface area contributed by atoms with Crippen LogP contribution in [0.4, 0.5) is 0 Å². The number of para-hydroxylation sites is 1. The van der Waals surface area contributed by atoms with E-state index in [1.165, 1.54) is 0 Å². The Bertz CT molecular complexity index is 714. The summed E-state index contributed by atoms with van der Waals surface area (Å²) in [5.41, 5.74) is 0.710. The second-order valence-corrected chi connectivity index (χ2v) is 6.61. The average Bonchev–Trinajstić information content (AvgIpc) is 2.82. The number of aliphatic carboxylic acids is 1. The molecule has 1 aliphatic heterocycles. The molecule has 24 heavy (non-hydrogen) atoms. The van der Waals surface area contributed by atoms with Crippen molar-refractivity contribution >= 4 is 46.3 Å². The van der Waals surface area contributed by atoms with Crippen molar-refractivity contribution in [3.63, 3.8) is 0 Å². The lowest BCUT2D eigenvalue weighted by molar-refractivity contribution is -0.310. The van der Waals surface area contributed by atoms with Gasteiger partial charge < -0.3 is 14.6 Å². The monoisotopic (exact) mass is 362 g/mol. The van der Waals surface area contributed by atoms with E-state index in [0.717, 1.165) is 16.7 Å². The number of carbonyl (C=O) groups is 2. The average molecular weight is 362 g/mol. The van der Waals surface area contributed by atoms with E-state index in [9.17, 15) is 14.7 Å². The SMILES string of the molecule is C=CCOc1ccccc1/C=C1\SC(=S)N([C@@H](CC)C(=O)[O-])C1=O. The highest BCUT2D eigenvalue weighted by Gasteiger charge is 2.37. The second-order valence-electron chi connectivity index (χ2n) is 4.93. The van der Waals surface area contributed by atoms with Crippen molar-refractivity contribution in [3.05, 3.63) is 47.4 Å². The largest absolute Gasteiger partial charge is 0.548 e. The van der Waals surface area contributed by atoms with Gasteiger partial charge in [-0.05, 0) is 18.6 Å². The molecule has 0 N–H and O–H groups in total. The zero-order valence-corrected chi connectivity index (χ0v) is 14.7. The predicted octanol–water partition coefficient (Wildman–Crippen LogP) is 1.98. The van der Waals surface area contributed by atoms with Gasteiger partial charge in [-0.15, -0.1) is 0 Å². The molecule has 2 rings (SSSR count). The molecule has 0 radical (unpaired) electrons. The van der Waals surface area contributed by atoms with Gasteiger partial charge >= 0.3 is 0 Å². The zero-order chi connectivity index (χ0) is 17.7. The molecule has 126 valence electrons. The molecule has 1 aliphatic rings. The summed E-state index contributed by atoms with van der Waals surface area (Å²) in [4.78, 5) is 25.2. The Kier molecular flexibility index (Phi) is 6.16. The number of carboxylic acids is 1. The molecule has 0 bridgehead atoms. The minimum Gasteiger partial charge on any atom is -0.548 e. The lowest BCUT2D eigenvalue weighted by Gasteiger charge is -2.26. The standard InChI is InChI=1S/C17H17NO4S2/c1-3-9-22-13-8-6-5-7-11(13)10-14-15(19)18(17(23)24-14)12(4-2)16(20)21/h3,5-8,10,12H,1,4,9H2,2H3,(H,20,21)/p-1/b14-10-/t12-/m0/s1. The molecule has 0 saturated carbocycles. The van der Waals surface area contributed by atoms with Crippen LogP contribution in [0.2, 0.25) is 0 Å². The van der Waals surface area contributed by atoms with Crippen LogP contribution in [0.5, 0.6) is 5.75 Å². The van der Waals surface area contributed by atoms with Crippen LogP contribution < -0.4 is 9.84 Å². The normalized spacial score (nSPS) is 17.2. The Balaban J connectivity index is 2.32. The van der Waals surface area contributed by atoms with Crippen molar-refractivity contribution in [2.24, 2.45) is 0 Å². The molecule has 5 nitrogen and oxygen atoms in total. The first-order chi connectivity index (χ1) is 11.5. The molecule has 0 aliphatic carbocycles. The summed E-state index contributed by atoms with van der Waals surface area (Å²) in [5.74, 6) is -1.14. The van der Waals surface area contributed by atoms with Crippen molar-refractivity contribution in [2.75, 3.05) is 6.61 Å². The topological polar surface area (TPSA) is 69.7 Å². The van der Waals surface area contributed by atoms with Crippen LogP contribution >= 0.6 is 24.0 Å². The number of nitrogens with zero attached hydrogens (tertiary/aromatic N) is 1. The van der Waals surface area contributed by atoms with Crippen molar-refractivity contribution in [1.82, 2.24) is 4.90 Å². The highest BCUT2D eigenvalue weighted by atomic mass is 32.2. The van der Waals surface area contributed by atoms with E-state index < -0.39 is 17.9 Å². The summed E-state index contributed by atoms with van der Waals surface area (Å²) in [6.45, 7) is 5.61. The van der Waals surface area contributed by atoms with Crippen molar-refractivity contribution in [2.45, 2.75) is 19.4 Å². The van der Waals surface area contributed by atoms with Gasteiger partial charge in [-0.1, -0.05) is 61.8 Å². The van der Waals surface area contributed by atoms with Gasteiger partial charge in [0.1, 0.15) is 16.7 Å². The third kappa shape index (κ3) is 3.85. The maximum atomic E-state index is 12.6. The van der Waals surface area contributed by atoms with Gasteiger partial charge in [0.25, 0.3) is 5.91 Å². The van der Waals surface area contributed by atoms with E-state index in [0.29, 0.717) is 22.8 Å². The van der Waals surface area contributed by atoms with Crippen molar-refractivity contribution < 1.29 is 19.4 Å². The van der Waals surface area contributed by atoms with E-state index in [-0.39, 0.29) is 10.7 Å². The first-order valence-electron chi connectivity index (χ1n) is 7.30. The number of rotatable bonds is 7. The molecule has 1 amide bonds. The molecule has 0 aromatic heterocycles. The zero-order valence-electron chi connectivity index (χ0n) is 13.1. The molecule has 0 spiro atoms. The van der Waals surface area contributed by atoms with Crippen LogP contribution in [0.25, 0.3) is 6.08 Å². The van der Waals surface area contributed by atoms with Gasteiger partial charge in [0.2, 0.25) is 0 Å². The summed E-state index contributed by atoms with van der Waals surface area (Å²) < 4.78 is 5.77. The third-order valence-electron chi connectivity index (χ3n) is 3.36. The van der Waals surface area contributed by atoms with Gasteiger partial charge in [-0.2, -0.15) is 0 Å². The summed E-state index contributed by atoms with van der Waals surface area (Å²) in [7, 11) is 0. The smallest absolute Gasteiger partial charge is 0.266 e. The Morgan fingerprint density at radius 3 is 2.83 bits per heavy atom. The third-order valence-corrected chi connectivity index (χ3v) is 4.69. The van der Waals surface area contributed by atoms with E-state index in [2.05, 4.69) is 6.58 Å². The molecular weight excluding hydrogens is 346 g/mol. The van der Waals surface area contributed by atoms with E-state index >= 15 is 0 Å². The molecule has 1 fully saturated rings. The number of benzene rings is 1. The number of carbonyl (C=O) groups excluding carboxylic acids is 2. The summed E-state index contributed by atoms with van der Waals surface area (Å²) in [6, 6.07) is 6.18. The Morgan fingerprint density at radius 1 is 1.50 bits per heavy atom. The lowest BCUT2D eigenvalue weighted by atomic mass is 10.1. The maximum absolute atomic E-state index is 12.6. The van der Waals surface area contributed by atoms with Crippen molar-refractivity contribution in [1.29, 1.82) is 0 Å².